The van der Waals surface area contributed by atoms with Gasteiger partial charge in [-0.25, -0.2) is 0 Å². The second-order valence-electron chi connectivity index (χ2n) is 4.68. The van der Waals surface area contributed by atoms with Gasteiger partial charge in [0.15, 0.2) is 0 Å². The van der Waals surface area contributed by atoms with Crippen LogP contribution in [0.15, 0.2) is 60.7 Å². The summed E-state index contributed by atoms with van der Waals surface area (Å²) >= 11 is 0. The van der Waals surface area contributed by atoms with Crippen molar-refractivity contribution in [2.24, 2.45) is 0 Å². The van der Waals surface area contributed by atoms with Gasteiger partial charge in [-0.3, -0.25) is 10.1 Å². The molecule has 2 aromatic carbocycles. The first-order valence-electron chi connectivity index (χ1n) is 6.81. The lowest BCUT2D eigenvalue weighted by molar-refractivity contribution is -0.144. The van der Waals surface area contributed by atoms with Gasteiger partial charge < -0.3 is 9.84 Å². The van der Waals surface area contributed by atoms with E-state index in [4.69, 9.17) is 4.74 Å². The number of ether oxygens (including phenoxy) is 1. The SMILES string of the molecule is COC(=O)C(CO)NC(c1ccccc1)c1ccccc1. The lowest BCUT2D eigenvalue weighted by Gasteiger charge is -2.24. The van der Waals surface area contributed by atoms with Crippen molar-refractivity contribution in [3.05, 3.63) is 71.8 Å². The van der Waals surface area contributed by atoms with Gasteiger partial charge in [-0.05, 0) is 11.1 Å². The maximum absolute atomic E-state index is 11.7. The Morgan fingerprint density at radius 1 is 1.05 bits per heavy atom. The molecule has 21 heavy (non-hydrogen) atoms. The van der Waals surface area contributed by atoms with Crippen LogP contribution in [0.4, 0.5) is 0 Å². The van der Waals surface area contributed by atoms with E-state index in [0.717, 1.165) is 11.1 Å². The van der Waals surface area contributed by atoms with E-state index >= 15 is 0 Å². The first-order chi connectivity index (χ1) is 10.3. The molecule has 0 spiro atoms. The van der Waals surface area contributed by atoms with E-state index in [0.29, 0.717) is 0 Å². The van der Waals surface area contributed by atoms with Gasteiger partial charge >= 0.3 is 5.97 Å². The molecule has 0 aliphatic heterocycles. The van der Waals surface area contributed by atoms with Crippen LogP contribution < -0.4 is 5.32 Å². The van der Waals surface area contributed by atoms with Crippen LogP contribution >= 0.6 is 0 Å². The molecule has 1 atom stereocenters. The highest BCUT2D eigenvalue weighted by molar-refractivity contribution is 5.75. The van der Waals surface area contributed by atoms with Crippen LogP contribution in [0.5, 0.6) is 0 Å². The second kappa shape index (κ2) is 7.57. The molecular formula is C17H19NO3. The van der Waals surface area contributed by atoms with Gasteiger partial charge in [0.2, 0.25) is 0 Å². The molecule has 2 N–H and O–H groups in total. The molecule has 0 aromatic heterocycles. The minimum atomic E-state index is -0.764. The van der Waals surface area contributed by atoms with E-state index in [9.17, 15) is 9.90 Å². The maximum atomic E-state index is 11.7. The summed E-state index contributed by atoms with van der Waals surface area (Å²) in [5.74, 6) is -0.477. The number of nitrogens with one attached hydrogen (secondary N) is 1. The molecule has 0 fully saturated rings. The number of methoxy groups -OCH3 is 1. The lowest BCUT2D eigenvalue weighted by Crippen LogP contribution is -2.43. The van der Waals surface area contributed by atoms with E-state index in [1.165, 1.54) is 7.11 Å². The van der Waals surface area contributed by atoms with Gasteiger partial charge in [0.1, 0.15) is 6.04 Å². The van der Waals surface area contributed by atoms with Crippen molar-refractivity contribution in [1.82, 2.24) is 5.32 Å². The molecule has 4 nitrogen and oxygen atoms in total. The molecular weight excluding hydrogens is 266 g/mol. The van der Waals surface area contributed by atoms with E-state index in [-0.39, 0.29) is 12.6 Å². The van der Waals surface area contributed by atoms with Gasteiger partial charge in [-0.15, -0.1) is 0 Å². The van der Waals surface area contributed by atoms with Crippen LogP contribution in [0.3, 0.4) is 0 Å². The molecule has 0 amide bonds. The molecule has 1 unspecified atom stereocenters. The second-order valence-corrected chi connectivity index (χ2v) is 4.68. The summed E-state index contributed by atoms with van der Waals surface area (Å²) < 4.78 is 4.71. The number of benzene rings is 2. The topological polar surface area (TPSA) is 58.6 Å². The molecule has 0 bridgehead atoms. The summed E-state index contributed by atoms with van der Waals surface area (Å²) in [7, 11) is 1.31. The highest BCUT2D eigenvalue weighted by atomic mass is 16.5. The predicted molar refractivity (Wildman–Crippen MR) is 80.8 cm³/mol. The summed E-state index contributed by atoms with van der Waals surface area (Å²) in [6, 6.07) is 18.6. The number of hydrogen-bond acceptors (Lipinski definition) is 4. The molecule has 2 rings (SSSR count). The maximum Gasteiger partial charge on any atom is 0.325 e. The Morgan fingerprint density at radius 3 is 1.90 bits per heavy atom. The molecule has 0 radical (unpaired) electrons. The number of aliphatic hydroxyl groups excluding tert-OH is 1. The van der Waals surface area contributed by atoms with Gasteiger partial charge in [0, 0.05) is 0 Å². The van der Waals surface area contributed by atoms with Crippen LogP contribution in [0.25, 0.3) is 0 Å². The third-order valence-electron chi connectivity index (χ3n) is 3.30. The molecule has 0 aliphatic carbocycles. The van der Waals surface area contributed by atoms with Crippen molar-refractivity contribution in [2.45, 2.75) is 12.1 Å². The predicted octanol–water partition coefficient (Wildman–Crippen LogP) is 1.90. The summed E-state index contributed by atoms with van der Waals surface area (Å²) in [6.45, 7) is -0.317. The Morgan fingerprint density at radius 2 is 1.52 bits per heavy atom. The van der Waals surface area contributed by atoms with Crippen LogP contribution in [0.1, 0.15) is 17.2 Å². The molecule has 2 aromatic rings. The fourth-order valence-corrected chi connectivity index (χ4v) is 2.21. The quantitative estimate of drug-likeness (QED) is 0.796. The molecule has 0 saturated carbocycles. The zero-order chi connectivity index (χ0) is 15.1. The van der Waals surface area contributed by atoms with E-state index in [1.807, 2.05) is 60.7 Å². The fraction of sp³-hybridized carbons (Fsp3) is 0.235. The number of hydrogen-bond donors (Lipinski definition) is 2. The first kappa shape index (κ1) is 15.2. The summed E-state index contributed by atoms with van der Waals surface area (Å²) in [6.07, 6.45) is 0. The van der Waals surface area contributed by atoms with Crippen molar-refractivity contribution < 1.29 is 14.6 Å². The zero-order valence-corrected chi connectivity index (χ0v) is 11.9. The smallest absolute Gasteiger partial charge is 0.325 e. The monoisotopic (exact) mass is 285 g/mol. The molecule has 0 saturated heterocycles. The van der Waals surface area contributed by atoms with Gasteiger partial charge in [-0.1, -0.05) is 60.7 Å². The summed E-state index contributed by atoms with van der Waals surface area (Å²) in [4.78, 5) is 11.7. The number of carbonyl (C=O) groups excluding carboxylic acids is 1. The first-order valence-corrected chi connectivity index (χ1v) is 6.81. The number of esters is 1. The standard InChI is InChI=1S/C17H19NO3/c1-21-17(20)15(12-19)18-16(13-8-4-2-5-9-13)14-10-6-3-7-11-14/h2-11,15-16,18-19H,12H2,1H3. The van der Waals surface area contributed by atoms with E-state index < -0.39 is 12.0 Å². The fourth-order valence-electron chi connectivity index (χ4n) is 2.21. The number of aliphatic hydroxyl groups is 1. The molecule has 110 valence electrons. The van der Waals surface area contributed by atoms with Gasteiger partial charge in [-0.2, -0.15) is 0 Å². The van der Waals surface area contributed by atoms with Crippen LogP contribution in [0, 0.1) is 0 Å². The Kier molecular flexibility index (Phi) is 5.49. The van der Waals surface area contributed by atoms with Crippen molar-refractivity contribution in [2.75, 3.05) is 13.7 Å². The Hall–Kier alpha value is -2.17. The van der Waals surface area contributed by atoms with Crippen LogP contribution in [-0.4, -0.2) is 30.8 Å². The highest BCUT2D eigenvalue weighted by Crippen LogP contribution is 2.22. The third kappa shape index (κ3) is 3.90. The Balaban J connectivity index is 2.31. The molecule has 0 heterocycles. The average molecular weight is 285 g/mol. The number of rotatable bonds is 6. The van der Waals surface area contributed by atoms with Gasteiger partial charge in [0.25, 0.3) is 0 Å². The normalized spacial score (nSPS) is 12.1. The average Bonchev–Trinajstić information content (AvgIpc) is 2.57. The molecule has 4 heteroatoms. The van der Waals surface area contributed by atoms with Crippen molar-refractivity contribution >= 4 is 5.97 Å². The van der Waals surface area contributed by atoms with Crippen molar-refractivity contribution in [3.63, 3.8) is 0 Å². The van der Waals surface area contributed by atoms with Crippen molar-refractivity contribution in [1.29, 1.82) is 0 Å². The van der Waals surface area contributed by atoms with E-state index in [2.05, 4.69) is 5.32 Å². The summed E-state index contributed by atoms with van der Waals surface area (Å²) in [5, 5.41) is 12.6. The zero-order valence-electron chi connectivity index (χ0n) is 11.9. The largest absolute Gasteiger partial charge is 0.468 e. The number of carbonyl (C=O) groups is 1. The summed E-state index contributed by atoms with van der Waals surface area (Å²) in [5.41, 5.74) is 2.04. The van der Waals surface area contributed by atoms with Crippen molar-refractivity contribution in [3.8, 4) is 0 Å². The highest BCUT2D eigenvalue weighted by Gasteiger charge is 2.23. The molecule has 0 aliphatic rings. The Labute approximate surface area is 124 Å². The Bertz CT molecular complexity index is 517. The van der Waals surface area contributed by atoms with Crippen LogP contribution in [-0.2, 0) is 9.53 Å². The minimum absolute atomic E-state index is 0.191. The van der Waals surface area contributed by atoms with E-state index in [1.54, 1.807) is 0 Å². The lowest BCUT2D eigenvalue weighted by atomic mass is 9.98. The minimum Gasteiger partial charge on any atom is -0.468 e. The van der Waals surface area contributed by atoms with Gasteiger partial charge in [0.05, 0.1) is 19.8 Å². The third-order valence-corrected chi connectivity index (χ3v) is 3.30. The van der Waals surface area contributed by atoms with Crippen LogP contribution in [0.2, 0.25) is 0 Å².